The summed E-state index contributed by atoms with van der Waals surface area (Å²) in [5.74, 6) is 0.765. The van der Waals surface area contributed by atoms with Crippen LogP contribution in [0.2, 0.25) is 0 Å². The smallest absolute Gasteiger partial charge is 0.133 e. The average Bonchev–Trinajstić information content (AvgIpc) is 2.26. The molecule has 2 aromatic carbocycles. The summed E-state index contributed by atoms with van der Waals surface area (Å²) in [4.78, 5) is 0. The third-order valence-electron chi connectivity index (χ3n) is 2.12. The summed E-state index contributed by atoms with van der Waals surface area (Å²) < 4.78 is 0. The molecule has 0 unspecified atom stereocenters. The van der Waals surface area contributed by atoms with Crippen LogP contribution in [-0.2, 0) is 5.75 Å². The van der Waals surface area contributed by atoms with E-state index in [-0.39, 0.29) is 0 Å². The van der Waals surface area contributed by atoms with Crippen LogP contribution in [0.1, 0.15) is 5.56 Å². The molecule has 0 heterocycles. The molecule has 0 aliphatic heterocycles. The van der Waals surface area contributed by atoms with Crippen molar-refractivity contribution < 1.29 is 0 Å². The topological polar surface area (TPSA) is 23.8 Å². The Labute approximate surface area is 87.4 Å². The first kappa shape index (κ1) is 9.11. The zero-order valence-corrected chi connectivity index (χ0v) is 8.42. The van der Waals surface area contributed by atoms with Crippen molar-refractivity contribution >= 4 is 22.5 Å². The molecule has 0 saturated heterocycles. The van der Waals surface area contributed by atoms with Gasteiger partial charge in [0.15, 0.2) is 0 Å². The van der Waals surface area contributed by atoms with E-state index in [4.69, 9.17) is 5.26 Å². The van der Waals surface area contributed by atoms with Crippen LogP contribution in [0.15, 0.2) is 42.5 Å². The maximum Gasteiger partial charge on any atom is 0.133 e. The fourth-order valence-electron chi connectivity index (χ4n) is 1.44. The van der Waals surface area contributed by atoms with Crippen LogP contribution in [-0.4, -0.2) is 0 Å². The average molecular weight is 199 g/mol. The van der Waals surface area contributed by atoms with Crippen molar-refractivity contribution in [3.8, 4) is 5.40 Å². The Kier molecular flexibility index (Phi) is 2.71. The number of benzene rings is 2. The van der Waals surface area contributed by atoms with E-state index in [0.29, 0.717) is 0 Å². The molecule has 0 amide bonds. The first-order valence-corrected chi connectivity index (χ1v) is 5.37. The lowest BCUT2D eigenvalue weighted by Crippen LogP contribution is -1.79. The Morgan fingerprint density at radius 3 is 2.64 bits per heavy atom. The third-order valence-corrected chi connectivity index (χ3v) is 2.72. The van der Waals surface area contributed by atoms with E-state index >= 15 is 0 Å². The fourth-order valence-corrected chi connectivity index (χ4v) is 1.85. The number of thioether (sulfide) groups is 1. The summed E-state index contributed by atoms with van der Waals surface area (Å²) in [5, 5.41) is 13.0. The first-order chi connectivity index (χ1) is 6.90. The van der Waals surface area contributed by atoms with Gasteiger partial charge in [0.05, 0.1) is 0 Å². The highest BCUT2D eigenvalue weighted by Crippen LogP contribution is 2.18. The molecule has 2 aromatic rings. The third kappa shape index (κ3) is 1.89. The second-order valence-corrected chi connectivity index (χ2v) is 3.82. The molecule has 0 aliphatic rings. The van der Waals surface area contributed by atoms with Crippen LogP contribution in [0, 0.1) is 10.7 Å². The fraction of sp³-hybridized carbons (Fsp3) is 0.0833. The minimum Gasteiger partial charge on any atom is -0.185 e. The van der Waals surface area contributed by atoms with Crippen molar-refractivity contribution in [3.63, 3.8) is 0 Å². The molecule has 0 spiro atoms. The molecular weight excluding hydrogens is 190 g/mol. The number of nitriles is 1. The van der Waals surface area contributed by atoms with Gasteiger partial charge in [-0.15, -0.1) is 0 Å². The van der Waals surface area contributed by atoms with Crippen molar-refractivity contribution in [2.75, 3.05) is 0 Å². The monoisotopic (exact) mass is 199 g/mol. The van der Waals surface area contributed by atoms with Gasteiger partial charge in [-0.1, -0.05) is 42.5 Å². The SMILES string of the molecule is N#CSCc1ccc2ccccc2c1. The minimum atomic E-state index is 0.765. The Hall–Kier alpha value is -1.46. The number of fused-ring (bicyclic) bond motifs is 1. The van der Waals surface area contributed by atoms with Crippen LogP contribution >= 0.6 is 11.8 Å². The van der Waals surface area contributed by atoms with Gasteiger partial charge in [0.25, 0.3) is 0 Å². The molecule has 14 heavy (non-hydrogen) atoms. The number of hydrogen-bond donors (Lipinski definition) is 0. The summed E-state index contributed by atoms with van der Waals surface area (Å²) in [6, 6.07) is 14.6. The van der Waals surface area contributed by atoms with E-state index in [0.717, 1.165) is 5.75 Å². The normalized spacial score (nSPS) is 9.93. The summed E-state index contributed by atoms with van der Waals surface area (Å²) in [7, 11) is 0. The Morgan fingerprint density at radius 2 is 1.86 bits per heavy atom. The highest BCUT2D eigenvalue weighted by molar-refractivity contribution is 8.02. The molecule has 0 bridgehead atoms. The summed E-state index contributed by atoms with van der Waals surface area (Å²) in [5.41, 5.74) is 1.20. The van der Waals surface area contributed by atoms with Crippen LogP contribution in [0.5, 0.6) is 0 Å². The van der Waals surface area contributed by atoms with E-state index in [2.05, 4.69) is 35.7 Å². The molecule has 0 aromatic heterocycles. The van der Waals surface area contributed by atoms with Gasteiger partial charge < -0.3 is 0 Å². The highest BCUT2D eigenvalue weighted by Gasteiger charge is 1.95. The van der Waals surface area contributed by atoms with Crippen molar-refractivity contribution in [2.24, 2.45) is 0 Å². The quantitative estimate of drug-likeness (QED) is 0.690. The van der Waals surface area contributed by atoms with Crippen LogP contribution in [0.25, 0.3) is 10.8 Å². The molecule has 0 saturated carbocycles. The molecule has 2 rings (SSSR count). The molecule has 2 heteroatoms. The van der Waals surface area contributed by atoms with Crippen LogP contribution in [0.3, 0.4) is 0 Å². The maximum atomic E-state index is 8.45. The first-order valence-electron chi connectivity index (χ1n) is 4.39. The van der Waals surface area contributed by atoms with Crippen LogP contribution in [0.4, 0.5) is 0 Å². The molecule has 68 valence electrons. The number of hydrogen-bond acceptors (Lipinski definition) is 2. The predicted molar refractivity (Wildman–Crippen MR) is 60.9 cm³/mol. The molecule has 1 nitrogen and oxygen atoms in total. The van der Waals surface area contributed by atoms with E-state index < -0.39 is 0 Å². The predicted octanol–water partition coefficient (Wildman–Crippen LogP) is 3.55. The second-order valence-electron chi connectivity index (χ2n) is 3.06. The lowest BCUT2D eigenvalue weighted by molar-refractivity contribution is 1.44. The lowest BCUT2D eigenvalue weighted by atomic mass is 10.1. The van der Waals surface area contributed by atoms with E-state index in [1.807, 2.05) is 12.1 Å². The van der Waals surface area contributed by atoms with E-state index in [1.54, 1.807) is 0 Å². The minimum absolute atomic E-state index is 0.765. The standard InChI is InChI=1S/C12H9NS/c13-9-14-8-10-5-6-11-3-1-2-4-12(11)7-10/h1-7H,8H2. The molecule has 0 radical (unpaired) electrons. The van der Waals surface area contributed by atoms with Gasteiger partial charge in [-0.05, 0) is 28.1 Å². The molecular formula is C12H9NS. The molecule has 0 aliphatic carbocycles. The molecule has 0 atom stereocenters. The van der Waals surface area contributed by atoms with Gasteiger partial charge in [-0.2, -0.15) is 5.26 Å². The summed E-state index contributed by atoms with van der Waals surface area (Å²) >= 11 is 1.28. The van der Waals surface area contributed by atoms with Gasteiger partial charge in [0, 0.05) is 5.75 Å². The number of thiocyanates is 1. The molecule has 0 fully saturated rings. The number of nitrogens with zero attached hydrogens (tertiary/aromatic N) is 1. The second kappa shape index (κ2) is 4.17. The zero-order valence-electron chi connectivity index (χ0n) is 7.60. The van der Waals surface area contributed by atoms with Crippen molar-refractivity contribution in [1.82, 2.24) is 0 Å². The highest BCUT2D eigenvalue weighted by atomic mass is 32.2. The number of rotatable bonds is 2. The van der Waals surface area contributed by atoms with Crippen LogP contribution < -0.4 is 0 Å². The Bertz CT molecular complexity index is 485. The van der Waals surface area contributed by atoms with Gasteiger partial charge in [-0.25, -0.2) is 0 Å². The van der Waals surface area contributed by atoms with E-state index in [9.17, 15) is 0 Å². The maximum absolute atomic E-state index is 8.45. The lowest BCUT2D eigenvalue weighted by Gasteiger charge is -2.00. The van der Waals surface area contributed by atoms with Crippen molar-refractivity contribution in [2.45, 2.75) is 5.75 Å². The summed E-state index contributed by atoms with van der Waals surface area (Å²) in [6.45, 7) is 0. The summed E-state index contributed by atoms with van der Waals surface area (Å²) in [6.07, 6.45) is 0. The van der Waals surface area contributed by atoms with Crippen molar-refractivity contribution in [3.05, 3.63) is 48.0 Å². The van der Waals surface area contributed by atoms with Gasteiger partial charge in [0.2, 0.25) is 0 Å². The van der Waals surface area contributed by atoms with Crippen molar-refractivity contribution in [1.29, 1.82) is 5.26 Å². The van der Waals surface area contributed by atoms with Gasteiger partial charge >= 0.3 is 0 Å². The molecule has 0 N–H and O–H groups in total. The Balaban J connectivity index is 2.37. The van der Waals surface area contributed by atoms with E-state index in [1.165, 1.54) is 28.1 Å². The zero-order chi connectivity index (χ0) is 9.80. The van der Waals surface area contributed by atoms with Gasteiger partial charge in [-0.3, -0.25) is 0 Å². The Morgan fingerprint density at radius 1 is 1.07 bits per heavy atom. The largest absolute Gasteiger partial charge is 0.185 e. The van der Waals surface area contributed by atoms with Gasteiger partial charge in [0.1, 0.15) is 5.40 Å².